The Morgan fingerprint density at radius 3 is 2.78 bits per heavy atom. The van der Waals surface area contributed by atoms with Crippen LogP contribution in [0, 0.1) is 18.6 Å². The number of rotatable bonds is 4. The second-order valence-electron chi connectivity index (χ2n) is 3.91. The smallest absolute Gasteiger partial charge is 0.253 e. The summed E-state index contributed by atoms with van der Waals surface area (Å²) in [5.41, 5.74) is 0.0691. The van der Waals surface area contributed by atoms with E-state index < -0.39 is 11.6 Å². The van der Waals surface area contributed by atoms with Crippen molar-refractivity contribution in [2.75, 3.05) is 13.6 Å². The van der Waals surface area contributed by atoms with Crippen LogP contribution in [0.2, 0.25) is 0 Å². The molecule has 4 nitrogen and oxygen atoms in total. The summed E-state index contributed by atoms with van der Waals surface area (Å²) < 4.78 is 32.7. The maximum absolute atomic E-state index is 13.8. The first-order chi connectivity index (χ1) is 8.63. The van der Waals surface area contributed by atoms with Gasteiger partial charge in [0.15, 0.2) is 0 Å². The molecule has 1 aromatic carbocycles. The first-order valence-corrected chi connectivity index (χ1v) is 5.55. The van der Waals surface area contributed by atoms with Crippen molar-refractivity contribution in [3.63, 3.8) is 0 Å². The lowest BCUT2D eigenvalue weighted by molar-refractivity contribution is 0.489. The van der Waals surface area contributed by atoms with Gasteiger partial charge in [0.2, 0.25) is 5.89 Å². The molecule has 6 heteroatoms. The normalized spacial score (nSPS) is 10.9. The minimum atomic E-state index is -0.707. The van der Waals surface area contributed by atoms with Crippen LogP contribution in [0.1, 0.15) is 11.5 Å². The van der Waals surface area contributed by atoms with E-state index in [9.17, 15) is 8.78 Å². The van der Waals surface area contributed by atoms with Crippen molar-refractivity contribution < 1.29 is 13.2 Å². The molecule has 0 spiro atoms. The third kappa shape index (κ3) is 2.38. The molecule has 0 saturated carbocycles. The Morgan fingerprint density at radius 1 is 1.28 bits per heavy atom. The molecule has 0 radical (unpaired) electrons. The van der Waals surface area contributed by atoms with Crippen molar-refractivity contribution >= 4 is 0 Å². The molecule has 0 saturated heterocycles. The monoisotopic (exact) mass is 253 g/mol. The van der Waals surface area contributed by atoms with Gasteiger partial charge in [-0.2, -0.15) is 0 Å². The molecule has 2 rings (SSSR count). The zero-order chi connectivity index (χ0) is 13.1. The topological polar surface area (TPSA) is 51.0 Å². The highest BCUT2D eigenvalue weighted by Crippen LogP contribution is 2.26. The lowest BCUT2D eigenvalue weighted by Gasteiger charge is -2.02. The molecule has 0 bridgehead atoms. The van der Waals surface area contributed by atoms with Gasteiger partial charge in [-0.25, -0.2) is 8.78 Å². The minimum absolute atomic E-state index is 0.125. The highest BCUT2D eigenvalue weighted by atomic mass is 19.1. The second-order valence-corrected chi connectivity index (χ2v) is 3.91. The third-order valence-corrected chi connectivity index (χ3v) is 2.55. The van der Waals surface area contributed by atoms with Crippen LogP contribution in [0.25, 0.3) is 11.5 Å². The molecule has 0 aliphatic heterocycles. The van der Waals surface area contributed by atoms with Crippen LogP contribution >= 0.6 is 0 Å². The molecule has 0 unspecified atom stereocenters. The Bertz CT molecular complexity index is 554. The molecule has 0 aliphatic rings. The average Bonchev–Trinajstić information content (AvgIpc) is 2.80. The van der Waals surface area contributed by atoms with Crippen molar-refractivity contribution in [1.29, 1.82) is 0 Å². The fraction of sp³-hybridized carbons (Fsp3) is 0.333. The van der Waals surface area contributed by atoms with Crippen molar-refractivity contribution in [2.45, 2.75) is 13.3 Å². The fourth-order valence-corrected chi connectivity index (χ4v) is 1.54. The summed E-state index contributed by atoms with van der Waals surface area (Å²) in [7, 11) is 1.79. The third-order valence-electron chi connectivity index (χ3n) is 2.55. The van der Waals surface area contributed by atoms with E-state index in [1.807, 2.05) is 0 Å². The van der Waals surface area contributed by atoms with Crippen LogP contribution in [0.5, 0.6) is 0 Å². The van der Waals surface area contributed by atoms with Gasteiger partial charge in [0.05, 0.1) is 0 Å². The number of hydrogen-bond acceptors (Lipinski definition) is 4. The maximum atomic E-state index is 13.8. The number of halogens is 2. The number of benzene rings is 1. The molecule has 1 heterocycles. The SMILES string of the molecule is CNCCc1nnc(-c2c(F)ccc(C)c2F)o1. The van der Waals surface area contributed by atoms with Crippen LogP contribution in [0.15, 0.2) is 16.5 Å². The van der Waals surface area contributed by atoms with Crippen LogP contribution in [0.4, 0.5) is 8.78 Å². The van der Waals surface area contributed by atoms with E-state index in [0.29, 0.717) is 24.4 Å². The van der Waals surface area contributed by atoms with Gasteiger partial charge in [0.25, 0.3) is 5.89 Å². The van der Waals surface area contributed by atoms with E-state index in [4.69, 9.17) is 4.42 Å². The zero-order valence-corrected chi connectivity index (χ0v) is 10.1. The number of aromatic nitrogens is 2. The van der Waals surface area contributed by atoms with Gasteiger partial charge in [-0.05, 0) is 25.6 Å². The molecule has 96 valence electrons. The first-order valence-electron chi connectivity index (χ1n) is 5.55. The van der Waals surface area contributed by atoms with Gasteiger partial charge >= 0.3 is 0 Å². The zero-order valence-electron chi connectivity index (χ0n) is 10.1. The lowest BCUT2D eigenvalue weighted by atomic mass is 10.1. The van der Waals surface area contributed by atoms with E-state index in [1.54, 1.807) is 14.0 Å². The molecule has 18 heavy (non-hydrogen) atoms. The average molecular weight is 253 g/mol. The molecule has 2 aromatic rings. The van der Waals surface area contributed by atoms with Gasteiger partial charge < -0.3 is 9.73 Å². The molecule has 0 atom stereocenters. The summed E-state index contributed by atoms with van der Waals surface area (Å²) in [5.74, 6) is -1.15. The minimum Gasteiger partial charge on any atom is -0.420 e. The lowest BCUT2D eigenvalue weighted by Crippen LogP contribution is -2.10. The van der Waals surface area contributed by atoms with Crippen molar-refractivity contribution in [3.8, 4) is 11.5 Å². The molecule has 0 aliphatic carbocycles. The van der Waals surface area contributed by atoms with Crippen LogP contribution in [-0.2, 0) is 6.42 Å². The summed E-state index contributed by atoms with van der Waals surface area (Å²) in [6.07, 6.45) is 0.512. The van der Waals surface area contributed by atoms with Crippen LogP contribution < -0.4 is 5.32 Å². The standard InChI is InChI=1S/C12H13F2N3O/c1-7-3-4-8(13)10(11(7)14)12-17-16-9(18-12)5-6-15-2/h3-4,15H,5-6H2,1-2H3. The Hall–Kier alpha value is -1.82. The summed E-state index contributed by atoms with van der Waals surface area (Å²) in [4.78, 5) is 0. The Kier molecular flexibility index (Phi) is 3.66. The van der Waals surface area contributed by atoms with Crippen molar-refractivity contribution in [2.24, 2.45) is 0 Å². The summed E-state index contributed by atoms with van der Waals surface area (Å²) in [5, 5.41) is 10.4. The molecule has 0 amide bonds. The Morgan fingerprint density at radius 2 is 2.06 bits per heavy atom. The Labute approximate surface area is 103 Å². The second kappa shape index (κ2) is 5.22. The largest absolute Gasteiger partial charge is 0.420 e. The van der Waals surface area contributed by atoms with E-state index in [2.05, 4.69) is 15.5 Å². The van der Waals surface area contributed by atoms with Crippen LogP contribution in [0.3, 0.4) is 0 Å². The fourth-order valence-electron chi connectivity index (χ4n) is 1.54. The Balaban J connectivity index is 2.37. The highest BCUT2D eigenvalue weighted by Gasteiger charge is 2.19. The number of likely N-dealkylation sites (N-methyl/N-ethyl adjacent to an activating group) is 1. The van der Waals surface area contributed by atoms with E-state index in [0.717, 1.165) is 0 Å². The van der Waals surface area contributed by atoms with Gasteiger partial charge in [-0.1, -0.05) is 6.07 Å². The predicted molar refractivity (Wildman–Crippen MR) is 62.0 cm³/mol. The number of aryl methyl sites for hydroxylation is 1. The van der Waals surface area contributed by atoms with Gasteiger partial charge in [0.1, 0.15) is 17.2 Å². The van der Waals surface area contributed by atoms with Gasteiger partial charge in [-0.3, -0.25) is 0 Å². The molecule has 1 aromatic heterocycles. The predicted octanol–water partition coefficient (Wildman–Crippen LogP) is 2.09. The van der Waals surface area contributed by atoms with Gasteiger partial charge in [0, 0.05) is 13.0 Å². The number of hydrogen-bond donors (Lipinski definition) is 1. The highest BCUT2D eigenvalue weighted by molar-refractivity contribution is 5.56. The van der Waals surface area contributed by atoms with Crippen molar-refractivity contribution in [3.05, 3.63) is 35.2 Å². The summed E-state index contributed by atoms with van der Waals surface area (Å²) in [6.45, 7) is 2.21. The van der Waals surface area contributed by atoms with Gasteiger partial charge in [-0.15, -0.1) is 10.2 Å². The molecule has 1 N–H and O–H groups in total. The van der Waals surface area contributed by atoms with Crippen LogP contribution in [-0.4, -0.2) is 23.8 Å². The number of nitrogens with one attached hydrogen (secondary N) is 1. The molecule has 0 fully saturated rings. The number of nitrogens with zero attached hydrogens (tertiary/aromatic N) is 2. The van der Waals surface area contributed by atoms with E-state index >= 15 is 0 Å². The molecular formula is C12H13F2N3O. The first kappa shape index (κ1) is 12.6. The summed E-state index contributed by atoms with van der Waals surface area (Å²) in [6, 6.07) is 2.55. The quantitative estimate of drug-likeness (QED) is 0.906. The summed E-state index contributed by atoms with van der Waals surface area (Å²) >= 11 is 0. The van der Waals surface area contributed by atoms with E-state index in [-0.39, 0.29) is 11.5 Å². The molecular weight excluding hydrogens is 240 g/mol. The maximum Gasteiger partial charge on any atom is 0.253 e. The van der Waals surface area contributed by atoms with E-state index in [1.165, 1.54) is 12.1 Å². The van der Waals surface area contributed by atoms with Crippen molar-refractivity contribution in [1.82, 2.24) is 15.5 Å².